The van der Waals surface area contributed by atoms with Crippen LogP contribution >= 0.6 is 0 Å². The van der Waals surface area contributed by atoms with Crippen LogP contribution in [-0.4, -0.2) is 23.9 Å². The third-order valence-corrected chi connectivity index (χ3v) is 2.66. The van der Waals surface area contributed by atoms with Gasteiger partial charge in [0, 0.05) is 12.1 Å². The Hall–Kier alpha value is -1.13. The molecule has 2 unspecified atom stereocenters. The fourth-order valence-electron chi connectivity index (χ4n) is 1.50. The molecule has 0 radical (unpaired) electrons. The van der Waals surface area contributed by atoms with Gasteiger partial charge in [0.25, 0.3) is 0 Å². The van der Waals surface area contributed by atoms with E-state index in [-0.39, 0.29) is 23.9 Å². The second kappa shape index (κ2) is 5.47. The van der Waals surface area contributed by atoms with Gasteiger partial charge in [0.05, 0.1) is 6.61 Å². The van der Waals surface area contributed by atoms with Gasteiger partial charge in [-0.1, -0.05) is 26.8 Å². The molecule has 2 atom stereocenters. The van der Waals surface area contributed by atoms with Crippen molar-refractivity contribution in [2.45, 2.75) is 32.9 Å². The molecule has 0 aromatic heterocycles. The quantitative estimate of drug-likeness (QED) is 0.847. The van der Waals surface area contributed by atoms with Gasteiger partial charge in [-0.25, -0.2) is 4.39 Å². The van der Waals surface area contributed by atoms with E-state index in [1.54, 1.807) is 12.1 Å². The molecule has 0 aliphatic heterocycles. The number of benzene rings is 1. The average Bonchev–Trinajstić information content (AvgIpc) is 2.24. The highest BCUT2D eigenvalue weighted by atomic mass is 19.1. The first-order chi connectivity index (χ1) is 7.84. The maximum Gasteiger partial charge on any atom is 0.137 e. The minimum Gasteiger partial charge on any atom is -0.486 e. The number of ether oxygens (including phenoxy) is 1. The van der Waals surface area contributed by atoms with E-state index in [0.717, 1.165) is 0 Å². The highest BCUT2D eigenvalue weighted by molar-refractivity contribution is 5.23. The summed E-state index contributed by atoms with van der Waals surface area (Å²) in [6.45, 7) is 5.70. The number of aliphatic hydroxyl groups is 1. The maximum atomic E-state index is 13.0. The van der Waals surface area contributed by atoms with Crippen molar-refractivity contribution in [1.82, 2.24) is 0 Å². The molecule has 1 rings (SSSR count). The Labute approximate surface area is 101 Å². The SMILES string of the molecule is CC(C)(C)C(N)C(CO)Oc1cccc(F)c1. The smallest absolute Gasteiger partial charge is 0.137 e. The number of rotatable bonds is 4. The molecule has 3 nitrogen and oxygen atoms in total. The highest BCUT2D eigenvalue weighted by Crippen LogP contribution is 2.23. The van der Waals surface area contributed by atoms with E-state index < -0.39 is 6.10 Å². The standard InChI is InChI=1S/C13H20FNO2/c1-13(2,3)12(15)11(8-16)17-10-6-4-5-9(14)7-10/h4-7,11-12,16H,8,15H2,1-3H3. The fraction of sp³-hybridized carbons (Fsp3) is 0.538. The fourth-order valence-corrected chi connectivity index (χ4v) is 1.50. The van der Waals surface area contributed by atoms with Crippen molar-refractivity contribution in [3.63, 3.8) is 0 Å². The second-order valence-corrected chi connectivity index (χ2v) is 5.19. The van der Waals surface area contributed by atoms with Crippen molar-refractivity contribution in [3.8, 4) is 5.75 Å². The van der Waals surface area contributed by atoms with Gasteiger partial charge in [-0.15, -0.1) is 0 Å². The molecule has 0 fully saturated rings. The predicted octanol–water partition coefficient (Wildman–Crippen LogP) is 1.94. The third-order valence-electron chi connectivity index (χ3n) is 2.66. The van der Waals surface area contributed by atoms with Crippen molar-refractivity contribution < 1.29 is 14.2 Å². The van der Waals surface area contributed by atoms with Gasteiger partial charge in [-0.05, 0) is 17.5 Å². The molecule has 0 saturated heterocycles. The van der Waals surface area contributed by atoms with Gasteiger partial charge >= 0.3 is 0 Å². The van der Waals surface area contributed by atoms with E-state index in [1.165, 1.54) is 12.1 Å². The van der Waals surface area contributed by atoms with Crippen LogP contribution in [0.5, 0.6) is 5.75 Å². The van der Waals surface area contributed by atoms with Crippen LogP contribution in [0.2, 0.25) is 0 Å². The first-order valence-electron chi connectivity index (χ1n) is 5.63. The molecule has 17 heavy (non-hydrogen) atoms. The number of nitrogens with two attached hydrogens (primary N) is 1. The minimum absolute atomic E-state index is 0.194. The Balaban J connectivity index is 2.77. The molecule has 0 aliphatic carbocycles. The van der Waals surface area contributed by atoms with Crippen LogP contribution in [0.15, 0.2) is 24.3 Å². The zero-order chi connectivity index (χ0) is 13.1. The molecule has 4 heteroatoms. The van der Waals surface area contributed by atoms with Gasteiger partial charge in [-0.2, -0.15) is 0 Å². The summed E-state index contributed by atoms with van der Waals surface area (Å²) in [5.41, 5.74) is 5.82. The van der Waals surface area contributed by atoms with Crippen molar-refractivity contribution in [3.05, 3.63) is 30.1 Å². The first-order valence-corrected chi connectivity index (χ1v) is 5.63. The van der Waals surface area contributed by atoms with Crippen LogP contribution in [0, 0.1) is 11.2 Å². The van der Waals surface area contributed by atoms with Crippen LogP contribution in [0.4, 0.5) is 4.39 Å². The summed E-state index contributed by atoms with van der Waals surface area (Å²) >= 11 is 0. The summed E-state index contributed by atoms with van der Waals surface area (Å²) in [7, 11) is 0. The number of hydrogen-bond donors (Lipinski definition) is 2. The summed E-state index contributed by atoms with van der Waals surface area (Å²) in [4.78, 5) is 0. The summed E-state index contributed by atoms with van der Waals surface area (Å²) < 4.78 is 18.5. The van der Waals surface area contributed by atoms with E-state index in [4.69, 9.17) is 10.5 Å². The molecule has 3 N–H and O–H groups in total. The molecule has 0 saturated carbocycles. The lowest BCUT2D eigenvalue weighted by Gasteiger charge is -2.33. The van der Waals surface area contributed by atoms with E-state index in [2.05, 4.69) is 0 Å². The molecule has 0 bridgehead atoms. The number of hydrogen-bond acceptors (Lipinski definition) is 3. The molecule has 0 amide bonds. The lowest BCUT2D eigenvalue weighted by atomic mass is 9.84. The normalized spacial score (nSPS) is 15.4. The van der Waals surface area contributed by atoms with Crippen LogP contribution in [0.1, 0.15) is 20.8 Å². The predicted molar refractivity (Wildman–Crippen MR) is 65.3 cm³/mol. The Kier molecular flexibility index (Phi) is 4.48. The molecular formula is C13H20FNO2. The largest absolute Gasteiger partial charge is 0.486 e. The summed E-state index contributed by atoms with van der Waals surface area (Å²) in [5, 5.41) is 9.29. The maximum absolute atomic E-state index is 13.0. The van der Waals surface area contributed by atoms with Crippen LogP contribution < -0.4 is 10.5 Å². The minimum atomic E-state index is -0.545. The van der Waals surface area contributed by atoms with E-state index >= 15 is 0 Å². The molecule has 96 valence electrons. The van der Waals surface area contributed by atoms with Gasteiger partial charge in [0.15, 0.2) is 0 Å². The zero-order valence-corrected chi connectivity index (χ0v) is 10.5. The monoisotopic (exact) mass is 241 g/mol. The summed E-state index contributed by atoms with van der Waals surface area (Å²) in [6.07, 6.45) is -0.545. The van der Waals surface area contributed by atoms with Crippen molar-refractivity contribution in [2.24, 2.45) is 11.1 Å². The van der Waals surface area contributed by atoms with E-state index in [0.29, 0.717) is 5.75 Å². The van der Waals surface area contributed by atoms with Crippen molar-refractivity contribution in [2.75, 3.05) is 6.61 Å². The zero-order valence-electron chi connectivity index (χ0n) is 10.5. The third kappa shape index (κ3) is 3.98. The Morgan fingerprint density at radius 1 is 1.41 bits per heavy atom. The lowest BCUT2D eigenvalue weighted by Crippen LogP contribution is -2.49. The summed E-state index contributed by atoms with van der Waals surface area (Å²) in [6, 6.07) is 5.47. The molecule has 1 aromatic rings. The van der Waals surface area contributed by atoms with E-state index in [1.807, 2.05) is 20.8 Å². The number of halogens is 1. The summed E-state index contributed by atoms with van der Waals surface area (Å²) in [5.74, 6) is 0.00673. The molecule has 0 heterocycles. The number of aliphatic hydroxyl groups excluding tert-OH is 1. The lowest BCUT2D eigenvalue weighted by molar-refractivity contribution is 0.0590. The molecule has 0 spiro atoms. The molecule has 1 aromatic carbocycles. The van der Waals surface area contributed by atoms with Gasteiger partial charge < -0.3 is 15.6 Å². The van der Waals surface area contributed by atoms with Crippen molar-refractivity contribution >= 4 is 0 Å². The van der Waals surface area contributed by atoms with Gasteiger partial charge in [0.1, 0.15) is 17.7 Å². The highest BCUT2D eigenvalue weighted by Gasteiger charge is 2.30. The van der Waals surface area contributed by atoms with Crippen LogP contribution in [-0.2, 0) is 0 Å². The van der Waals surface area contributed by atoms with Crippen LogP contribution in [0.3, 0.4) is 0 Å². The molecular weight excluding hydrogens is 221 g/mol. The van der Waals surface area contributed by atoms with Crippen LogP contribution in [0.25, 0.3) is 0 Å². The Bertz CT molecular complexity index is 363. The molecule has 0 aliphatic rings. The van der Waals surface area contributed by atoms with E-state index in [9.17, 15) is 9.50 Å². The second-order valence-electron chi connectivity index (χ2n) is 5.19. The Morgan fingerprint density at radius 3 is 2.53 bits per heavy atom. The topological polar surface area (TPSA) is 55.5 Å². The first kappa shape index (κ1) is 13.9. The Morgan fingerprint density at radius 2 is 2.06 bits per heavy atom. The average molecular weight is 241 g/mol. The van der Waals surface area contributed by atoms with Gasteiger partial charge in [0.2, 0.25) is 0 Å². The van der Waals surface area contributed by atoms with Crippen molar-refractivity contribution in [1.29, 1.82) is 0 Å². The van der Waals surface area contributed by atoms with Gasteiger partial charge in [-0.3, -0.25) is 0 Å².